The van der Waals surface area contributed by atoms with E-state index in [-0.39, 0.29) is 17.5 Å². The second-order valence-electron chi connectivity index (χ2n) is 11.4. The number of hydrogen-bond donors (Lipinski definition) is 1. The van der Waals surface area contributed by atoms with Gasteiger partial charge in [0.1, 0.15) is 23.0 Å². The van der Waals surface area contributed by atoms with Gasteiger partial charge in [0, 0.05) is 17.5 Å². The molecule has 0 bridgehead atoms. The third kappa shape index (κ3) is 3.99. The molecule has 4 aromatic carbocycles. The second-order valence-corrected chi connectivity index (χ2v) is 11.4. The summed E-state index contributed by atoms with van der Waals surface area (Å²) >= 11 is 0. The first kappa shape index (κ1) is 27.7. The molecule has 7 nitrogen and oxygen atoms in total. The zero-order valence-electron chi connectivity index (χ0n) is 24.5. The standard InChI is InChI=1S/C37H32N2O5/c1-3-22-44-30-15-9-6-12-27(30)34(41)32-31(33(40)24-16-18-25(43-2)19-17-24)37(28-13-7-8-14-29(28)38-36(37)42)35-26-11-5-4-10-23(26)20-21-39(32)35/h4-21,31-32,35H,3,22H2,1-2H3,(H,38,42)/t31-,32-,35-,37+/m1/s1. The van der Waals surface area contributed by atoms with Gasteiger partial charge < -0.3 is 19.7 Å². The van der Waals surface area contributed by atoms with Crippen LogP contribution in [0.4, 0.5) is 5.69 Å². The number of rotatable bonds is 8. The van der Waals surface area contributed by atoms with Crippen molar-refractivity contribution in [3.63, 3.8) is 0 Å². The predicted octanol–water partition coefficient (Wildman–Crippen LogP) is 6.47. The van der Waals surface area contributed by atoms with Gasteiger partial charge in [0.25, 0.3) is 0 Å². The molecule has 1 spiro atoms. The first-order chi connectivity index (χ1) is 21.5. The molecule has 1 saturated heterocycles. The highest BCUT2D eigenvalue weighted by Gasteiger charge is 2.70. The van der Waals surface area contributed by atoms with Gasteiger partial charge in [-0.05, 0) is 71.7 Å². The van der Waals surface area contributed by atoms with Crippen molar-refractivity contribution in [3.05, 3.63) is 131 Å². The Hall–Kier alpha value is -5.17. The molecule has 3 heterocycles. The summed E-state index contributed by atoms with van der Waals surface area (Å²) in [6.45, 7) is 2.45. The molecule has 1 fully saturated rings. The highest BCUT2D eigenvalue weighted by atomic mass is 16.5. The monoisotopic (exact) mass is 584 g/mol. The quantitative estimate of drug-likeness (QED) is 0.239. The lowest BCUT2D eigenvalue weighted by Gasteiger charge is -2.38. The Morgan fingerprint density at radius 2 is 1.61 bits per heavy atom. The number of Topliss-reactive ketones (excluding diaryl/α,β-unsaturated/α-hetero) is 2. The average molecular weight is 585 g/mol. The fourth-order valence-electron chi connectivity index (χ4n) is 7.27. The molecular weight excluding hydrogens is 552 g/mol. The molecule has 3 aliphatic rings. The van der Waals surface area contributed by atoms with Gasteiger partial charge in [-0.15, -0.1) is 0 Å². The van der Waals surface area contributed by atoms with E-state index < -0.39 is 23.4 Å². The van der Waals surface area contributed by atoms with E-state index in [4.69, 9.17) is 9.47 Å². The van der Waals surface area contributed by atoms with Crippen LogP contribution in [-0.4, -0.2) is 42.1 Å². The average Bonchev–Trinajstić information content (AvgIpc) is 3.55. The Balaban J connectivity index is 1.50. The van der Waals surface area contributed by atoms with Crippen LogP contribution in [0.3, 0.4) is 0 Å². The number of carbonyl (C=O) groups excluding carboxylic acids is 3. The van der Waals surface area contributed by atoms with Crippen molar-refractivity contribution in [1.29, 1.82) is 0 Å². The van der Waals surface area contributed by atoms with E-state index in [9.17, 15) is 14.4 Å². The molecule has 4 atom stereocenters. The molecule has 220 valence electrons. The Labute approximate surface area is 256 Å². The molecule has 0 unspecified atom stereocenters. The lowest BCUT2D eigenvalue weighted by molar-refractivity contribution is -0.122. The SMILES string of the molecule is CCCOc1ccccc1C(=O)[C@H]1[C@H](C(=O)c2ccc(OC)cc2)[C@]2(C(=O)Nc3ccccc32)[C@H]2c3ccccc3C=CN12. The molecule has 3 aliphatic heterocycles. The van der Waals surface area contributed by atoms with Gasteiger partial charge in [0.2, 0.25) is 5.91 Å². The number of para-hydroxylation sites is 2. The number of hydrogen-bond acceptors (Lipinski definition) is 6. The summed E-state index contributed by atoms with van der Waals surface area (Å²) in [4.78, 5) is 46.5. The first-order valence-electron chi connectivity index (χ1n) is 14.9. The lowest BCUT2D eigenvalue weighted by Crippen LogP contribution is -2.49. The highest BCUT2D eigenvalue weighted by Crippen LogP contribution is 2.62. The van der Waals surface area contributed by atoms with E-state index in [1.54, 1.807) is 49.6 Å². The maximum absolute atomic E-state index is 15.0. The second kappa shape index (κ2) is 10.8. The first-order valence-corrected chi connectivity index (χ1v) is 14.9. The molecule has 1 N–H and O–H groups in total. The molecule has 7 rings (SSSR count). The number of anilines is 1. The molecule has 4 aromatic rings. The van der Waals surface area contributed by atoms with Gasteiger partial charge in [0.15, 0.2) is 11.6 Å². The van der Waals surface area contributed by atoms with Gasteiger partial charge in [-0.2, -0.15) is 0 Å². The third-order valence-electron chi connectivity index (χ3n) is 9.11. The van der Waals surface area contributed by atoms with Crippen molar-refractivity contribution in [2.24, 2.45) is 5.92 Å². The van der Waals surface area contributed by atoms with E-state index in [1.807, 2.05) is 78.7 Å². The Morgan fingerprint density at radius 3 is 2.41 bits per heavy atom. The number of methoxy groups -OCH3 is 1. The van der Waals surface area contributed by atoms with Gasteiger partial charge in [-0.3, -0.25) is 14.4 Å². The minimum absolute atomic E-state index is 0.272. The highest BCUT2D eigenvalue weighted by molar-refractivity contribution is 6.17. The van der Waals surface area contributed by atoms with E-state index in [1.165, 1.54) is 0 Å². The van der Waals surface area contributed by atoms with Crippen LogP contribution < -0.4 is 14.8 Å². The van der Waals surface area contributed by atoms with Crippen LogP contribution in [0.1, 0.15) is 56.8 Å². The number of nitrogens with one attached hydrogen (secondary N) is 1. The van der Waals surface area contributed by atoms with Crippen LogP contribution in [0.25, 0.3) is 6.08 Å². The third-order valence-corrected chi connectivity index (χ3v) is 9.11. The number of nitrogens with zero attached hydrogens (tertiary/aromatic N) is 1. The summed E-state index contributed by atoms with van der Waals surface area (Å²) in [5.74, 6) is -0.846. The molecule has 44 heavy (non-hydrogen) atoms. The van der Waals surface area contributed by atoms with Crippen LogP contribution in [0.5, 0.6) is 11.5 Å². The van der Waals surface area contributed by atoms with Crippen LogP contribution >= 0.6 is 0 Å². The van der Waals surface area contributed by atoms with Crippen LogP contribution in [0, 0.1) is 5.92 Å². The molecule has 0 radical (unpaired) electrons. The molecule has 7 heteroatoms. The minimum Gasteiger partial charge on any atom is -0.497 e. The Morgan fingerprint density at radius 1 is 0.886 bits per heavy atom. The normalized spacial score (nSPS) is 22.6. The van der Waals surface area contributed by atoms with Gasteiger partial charge in [-0.25, -0.2) is 0 Å². The van der Waals surface area contributed by atoms with Crippen molar-refractivity contribution in [2.45, 2.75) is 30.8 Å². The zero-order valence-corrected chi connectivity index (χ0v) is 24.5. The van der Waals surface area contributed by atoms with Crippen LogP contribution in [0.2, 0.25) is 0 Å². The lowest BCUT2D eigenvalue weighted by atomic mass is 9.62. The van der Waals surface area contributed by atoms with Gasteiger partial charge >= 0.3 is 0 Å². The van der Waals surface area contributed by atoms with Crippen molar-refractivity contribution >= 4 is 29.2 Å². The van der Waals surface area contributed by atoms with Gasteiger partial charge in [-0.1, -0.05) is 61.5 Å². The van der Waals surface area contributed by atoms with E-state index in [2.05, 4.69) is 5.32 Å². The molecule has 0 saturated carbocycles. The summed E-state index contributed by atoms with van der Waals surface area (Å²) in [6.07, 6.45) is 4.61. The van der Waals surface area contributed by atoms with Crippen molar-refractivity contribution in [3.8, 4) is 11.5 Å². The smallest absolute Gasteiger partial charge is 0.238 e. The summed E-state index contributed by atoms with van der Waals surface area (Å²) in [6, 6.07) is 27.8. The van der Waals surface area contributed by atoms with E-state index in [0.29, 0.717) is 40.5 Å². The topological polar surface area (TPSA) is 84.9 Å². The Bertz CT molecular complexity index is 1810. The van der Waals surface area contributed by atoms with Crippen LogP contribution in [0.15, 0.2) is 103 Å². The number of ether oxygens (including phenoxy) is 2. The summed E-state index contributed by atoms with van der Waals surface area (Å²) in [7, 11) is 1.57. The summed E-state index contributed by atoms with van der Waals surface area (Å²) in [5.41, 5.74) is 2.58. The minimum atomic E-state index is -1.39. The number of amides is 1. The van der Waals surface area contributed by atoms with Crippen molar-refractivity contribution in [1.82, 2.24) is 4.90 Å². The fraction of sp³-hybridized carbons (Fsp3) is 0.216. The number of fused-ring (bicyclic) bond motifs is 6. The predicted molar refractivity (Wildman–Crippen MR) is 168 cm³/mol. The van der Waals surface area contributed by atoms with Crippen molar-refractivity contribution < 1.29 is 23.9 Å². The molecular formula is C37H32N2O5. The molecule has 0 aliphatic carbocycles. The summed E-state index contributed by atoms with van der Waals surface area (Å²) in [5, 5.41) is 3.09. The fourth-order valence-corrected chi connectivity index (χ4v) is 7.27. The van der Waals surface area contributed by atoms with Crippen LogP contribution in [-0.2, 0) is 10.2 Å². The van der Waals surface area contributed by atoms with Gasteiger partial charge in [0.05, 0.1) is 31.2 Å². The van der Waals surface area contributed by atoms with Crippen molar-refractivity contribution in [2.75, 3.05) is 19.0 Å². The van der Waals surface area contributed by atoms with E-state index >= 15 is 0 Å². The number of carbonyl (C=O) groups is 3. The number of benzene rings is 4. The maximum atomic E-state index is 15.0. The Kier molecular flexibility index (Phi) is 6.81. The number of ketones is 2. The zero-order chi connectivity index (χ0) is 30.4. The van der Waals surface area contributed by atoms with E-state index in [0.717, 1.165) is 17.5 Å². The largest absolute Gasteiger partial charge is 0.497 e. The molecule has 0 aromatic heterocycles. The maximum Gasteiger partial charge on any atom is 0.238 e. The summed E-state index contributed by atoms with van der Waals surface area (Å²) < 4.78 is 11.4. The molecule has 1 amide bonds.